The summed E-state index contributed by atoms with van der Waals surface area (Å²) in [4.78, 5) is 25.2. The van der Waals surface area contributed by atoms with E-state index in [0.29, 0.717) is 35.0 Å². The maximum absolute atomic E-state index is 13.0. The molecule has 2 amide bonds. The largest absolute Gasteiger partial charge is 0.492 e. The minimum Gasteiger partial charge on any atom is -0.492 e. The summed E-state index contributed by atoms with van der Waals surface area (Å²) in [6.45, 7) is 0.342. The van der Waals surface area contributed by atoms with Crippen LogP contribution in [0.15, 0.2) is 109 Å². The van der Waals surface area contributed by atoms with Crippen molar-refractivity contribution in [3.05, 3.63) is 120 Å². The van der Waals surface area contributed by atoms with Gasteiger partial charge in [0.25, 0.3) is 11.8 Å². The summed E-state index contributed by atoms with van der Waals surface area (Å²) in [6.07, 6.45) is 0.743. The van der Waals surface area contributed by atoms with Crippen LogP contribution in [-0.2, 0) is 11.2 Å². The Morgan fingerprint density at radius 3 is 2.09 bits per heavy atom. The van der Waals surface area contributed by atoms with Gasteiger partial charge in [-0.05, 0) is 48.0 Å². The number of benzene rings is 4. The highest BCUT2D eigenvalue weighted by molar-refractivity contribution is 6.06. The lowest BCUT2D eigenvalue weighted by molar-refractivity contribution is -0.118. The monoisotopic (exact) mass is 466 g/mol. The molecule has 0 heterocycles. The zero-order valence-electron chi connectivity index (χ0n) is 19.1. The molecule has 0 atom stereocenters. The Balaban J connectivity index is 1.33. The zero-order valence-corrected chi connectivity index (χ0v) is 19.1. The van der Waals surface area contributed by atoms with E-state index >= 15 is 0 Å². The highest BCUT2D eigenvalue weighted by atomic mass is 16.5. The maximum Gasteiger partial charge on any atom is 0.262 e. The number of anilines is 2. The Morgan fingerprint density at radius 2 is 1.31 bits per heavy atom. The van der Waals surface area contributed by atoms with E-state index in [2.05, 4.69) is 10.6 Å². The third-order valence-corrected chi connectivity index (χ3v) is 5.14. The number of ether oxygens (including phenoxy) is 2. The lowest BCUT2D eigenvalue weighted by atomic mass is 10.1. The highest BCUT2D eigenvalue weighted by Gasteiger charge is 2.13. The van der Waals surface area contributed by atoms with Crippen LogP contribution in [0.5, 0.6) is 11.5 Å². The van der Waals surface area contributed by atoms with E-state index in [0.717, 1.165) is 6.42 Å². The van der Waals surface area contributed by atoms with Gasteiger partial charge in [-0.1, -0.05) is 66.7 Å². The fourth-order valence-corrected chi connectivity index (χ4v) is 3.44. The molecule has 4 aromatic rings. The molecule has 35 heavy (non-hydrogen) atoms. The second-order valence-electron chi connectivity index (χ2n) is 7.77. The van der Waals surface area contributed by atoms with E-state index in [1.807, 2.05) is 54.6 Å². The summed E-state index contributed by atoms with van der Waals surface area (Å²) < 4.78 is 11.4. The summed E-state index contributed by atoms with van der Waals surface area (Å²) in [5.74, 6) is 0.544. The summed E-state index contributed by atoms with van der Waals surface area (Å²) in [6, 6.07) is 33.2. The predicted octanol–water partition coefficient (Wildman–Crippen LogP) is 5.58. The number of para-hydroxylation sites is 2. The molecule has 0 aliphatic carbocycles. The molecule has 0 aliphatic heterocycles. The van der Waals surface area contributed by atoms with Crippen LogP contribution in [0.25, 0.3) is 0 Å². The van der Waals surface area contributed by atoms with Gasteiger partial charge in [0, 0.05) is 17.8 Å². The molecule has 176 valence electrons. The maximum atomic E-state index is 13.0. The predicted molar refractivity (Wildman–Crippen MR) is 137 cm³/mol. The number of hydrogen-bond acceptors (Lipinski definition) is 4. The second-order valence-corrected chi connectivity index (χ2v) is 7.77. The molecular weight excluding hydrogens is 440 g/mol. The van der Waals surface area contributed by atoms with Crippen LogP contribution in [0.1, 0.15) is 15.9 Å². The van der Waals surface area contributed by atoms with Crippen LogP contribution in [-0.4, -0.2) is 25.0 Å². The summed E-state index contributed by atoms with van der Waals surface area (Å²) in [5, 5.41) is 5.66. The normalized spacial score (nSPS) is 10.3. The Hall–Kier alpha value is -4.58. The Bertz CT molecular complexity index is 1260. The first-order valence-electron chi connectivity index (χ1n) is 11.3. The Labute approximate surface area is 204 Å². The summed E-state index contributed by atoms with van der Waals surface area (Å²) in [7, 11) is 0. The van der Waals surface area contributed by atoms with Gasteiger partial charge in [-0.15, -0.1) is 0 Å². The van der Waals surface area contributed by atoms with Crippen molar-refractivity contribution in [3.8, 4) is 11.5 Å². The summed E-state index contributed by atoms with van der Waals surface area (Å²) in [5.41, 5.74) is 2.71. The van der Waals surface area contributed by atoms with Crippen LogP contribution < -0.4 is 20.1 Å². The SMILES string of the molecule is O=C(COc1ccccc1)Nc1cccc(NC(=O)c2ccccc2OCCc2ccccc2)c1. The van der Waals surface area contributed by atoms with Crippen molar-refractivity contribution in [1.29, 1.82) is 0 Å². The van der Waals surface area contributed by atoms with Crippen molar-refractivity contribution in [2.45, 2.75) is 6.42 Å². The number of rotatable bonds is 10. The van der Waals surface area contributed by atoms with Gasteiger partial charge in [0.2, 0.25) is 0 Å². The van der Waals surface area contributed by atoms with E-state index in [4.69, 9.17) is 9.47 Å². The van der Waals surface area contributed by atoms with Crippen molar-refractivity contribution in [2.24, 2.45) is 0 Å². The van der Waals surface area contributed by atoms with Gasteiger partial charge in [0.15, 0.2) is 6.61 Å². The standard InChI is InChI=1S/C29H26N2O4/c32-28(21-35-25-14-5-2-6-15-25)30-23-12-9-13-24(20-23)31-29(33)26-16-7-8-17-27(26)34-19-18-22-10-3-1-4-11-22/h1-17,20H,18-19,21H2,(H,30,32)(H,31,33). The molecule has 0 aliphatic rings. The van der Waals surface area contributed by atoms with E-state index < -0.39 is 0 Å². The van der Waals surface area contributed by atoms with E-state index in [9.17, 15) is 9.59 Å². The van der Waals surface area contributed by atoms with Crippen molar-refractivity contribution in [1.82, 2.24) is 0 Å². The number of carbonyl (C=O) groups is 2. The van der Waals surface area contributed by atoms with Gasteiger partial charge in [0.1, 0.15) is 11.5 Å². The van der Waals surface area contributed by atoms with Gasteiger partial charge in [-0.2, -0.15) is 0 Å². The fourth-order valence-electron chi connectivity index (χ4n) is 3.44. The first-order chi connectivity index (χ1) is 17.2. The third kappa shape index (κ3) is 7.20. The third-order valence-electron chi connectivity index (χ3n) is 5.14. The first-order valence-corrected chi connectivity index (χ1v) is 11.3. The average molecular weight is 467 g/mol. The van der Waals surface area contributed by atoms with Gasteiger partial charge < -0.3 is 20.1 Å². The number of carbonyl (C=O) groups excluding carboxylic acids is 2. The molecule has 4 rings (SSSR count). The minimum absolute atomic E-state index is 0.117. The molecule has 0 aromatic heterocycles. The van der Waals surface area contributed by atoms with E-state index in [-0.39, 0.29) is 18.4 Å². The lowest BCUT2D eigenvalue weighted by Gasteiger charge is -2.13. The van der Waals surface area contributed by atoms with E-state index in [1.165, 1.54) is 5.56 Å². The fraction of sp³-hybridized carbons (Fsp3) is 0.103. The van der Waals surface area contributed by atoms with E-state index in [1.54, 1.807) is 54.6 Å². The number of nitrogens with one attached hydrogen (secondary N) is 2. The van der Waals surface area contributed by atoms with Gasteiger partial charge in [-0.25, -0.2) is 0 Å². The molecule has 0 unspecified atom stereocenters. The van der Waals surface area contributed by atoms with Gasteiger partial charge in [-0.3, -0.25) is 9.59 Å². The smallest absolute Gasteiger partial charge is 0.262 e. The number of hydrogen-bond donors (Lipinski definition) is 2. The summed E-state index contributed by atoms with van der Waals surface area (Å²) >= 11 is 0. The van der Waals surface area contributed by atoms with Crippen LogP contribution >= 0.6 is 0 Å². The van der Waals surface area contributed by atoms with Crippen molar-refractivity contribution < 1.29 is 19.1 Å². The topological polar surface area (TPSA) is 76.7 Å². The first kappa shape index (κ1) is 23.6. The van der Waals surface area contributed by atoms with Crippen molar-refractivity contribution in [3.63, 3.8) is 0 Å². The molecule has 0 fully saturated rings. The quantitative estimate of drug-likeness (QED) is 0.320. The van der Waals surface area contributed by atoms with Crippen molar-refractivity contribution >= 4 is 23.2 Å². The Morgan fingerprint density at radius 1 is 0.657 bits per heavy atom. The molecule has 0 saturated heterocycles. The molecule has 2 N–H and O–H groups in total. The molecule has 0 saturated carbocycles. The van der Waals surface area contributed by atoms with Crippen LogP contribution in [0.3, 0.4) is 0 Å². The molecular formula is C29H26N2O4. The van der Waals surface area contributed by atoms with Gasteiger partial charge >= 0.3 is 0 Å². The average Bonchev–Trinajstić information content (AvgIpc) is 2.89. The molecule has 0 bridgehead atoms. The highest BCUT2D eigenvalue weighted by Crippen LogP contribution is 2.22. The minimum atomic E-state index is -0.297. The number of amides is 2. The van der Waals surface area contributed by atoms with Crippen molar-refractivity contribution in [2.75, 3.05) is 23.8 Å². The van der Waals surface area contributed by atoms with Gasteiger partial charge in [0.05, 0.1) is 12.2 Å². The molecule has 6 heteroatoms. The molecule has 6 nitrogen and oxygen atoms in total. The molecule has 4 aromatic carbocycles. The second kappa shape index (κ2) is 12.0. The zero-order chi connectivity index (χ0) is 24.3. The molecule has 0 spiro atoms. The molecule has 0 radical (unpaired) electrons. The van der Waals surface area contributed by atoms with Crippen LogP contribution in [0.2, 0.25) is 0 Å². The van der Waals surface area contributed by atoms with Crippen LogP contribution in [0, 0.1) is 0 Å². The lowest BCUT2D eigenvalue weighted by Crippen LogP contribution is -2.20. The van der Waals surface area contributed by atoms with Crippen LogP contribution in [0.4, 0.5) is 11.4 Å². The Kier molecular flexibility index (Phi) is 8.11.